The number of nitrogens with zero attached hydrogens (tertiary/aromatic N) is 2. The van der Waals surface area contributed by atoms with Gasteiger partial charge in [0.25, 0.3) is 11.8 Å². The Morgan fingerprint density at radius 1 is 1.21 bits per heavy atom. The first-order valence-electron chi connectivity index (χ1n) is 13.8. The summed E-state index contributed by atoms with van der Waals surface area (Å²) in [7, 11) is 1.78. The van der Waals surface area contributed by atoms with Crippen LogP contribution in [0.3, 0.4) is 0 Å². The summed E-state index contributed by atoms with van der Waals surface area (Å²) in [4.78, 5) is 63.9. The molecular weight excluding hydrogens is 548 g/mol. The molecule has 2 heterocycles. The number of aliphatic hydroxyl groups excluding tert-OH is 1. The Bertz CT molecular complexity index is 1190. The van der Waals surface area contributed by atoms with Crippen molar-refractivity contribution >= 4 is 35.2 Å². The van der Waals surface area contributed by atoms with Crippen molar-refractivity contribution in [2.75, 3.05) is 32.1 Å². The Hall–Kier alpha value is -3.85. The first-order chi connectivity index (χ1) is 19.9. The molecule has 7 N–H and O–H groups in total. The molecule has 0 spiro atoms. The molecule has 0 bridgehead atoms. The summed E-state index contributed by atoms with van der Waals surface area (Å²) in [6, 6.07) is 3.48. The van der Waals surface area contributed by atoms with Crippen molar-refractivity contribution in [1.29, 1.82) is 0 Å². The number of amides is 5. The third-order valence-electron chi connectivity index (χ3n) is 6.96. The lowest BCUT2D eigenvalue weighted by atomic mass is 10.0. The van der Waals surface area contributed by atoms with Crippen molar-refractivity contribution in [3.8, 4) is 5.75 Å². The second-order valence-corrected chi connectivity index (χ2v) is 10.7. The van der Waals surface area contributed by atoms with Crippen LogP contribution in [0.15, 0.2) is 30.4 Å². The highest BCUT2D eigenvalue weighted by atomic mass is 16.7. The number of likely N-dealkylation sites (N-methyl/N-ethyl adjacent to an activating group) is 1. The zero-order valence-corrected chi connectivity index (χ0v) is 24.1. The molecule has 42 heavy (non-hydrogen) atoms. The molecule has 4 atom stereocenters. The molecule has 3 rings (SSSR count). The molecule has 2 aliphatic heterocycles. The van der Waals surface area contributed by atoms with Crippen LogP contribution < -0.4 is 26.8 Å². The van der Waals surface area contributed by atoms with Crippen molar-refractivity contribution in [3.05, 3.63) is 35.9 Å². The summed E-state index contributed by atoms with van der Waals surface area (Å²) in [6.45, 7) is 4.13. The Morgan fingerprint density at radius 2 is 1.90 bits per heavy atom. The van der Waals surface area contributed by atoms with Crippen LogP contribution in [0.25, 0.3) is 0 Å². The molecular formula is C28H40N6O8. The molecule has 5 amide bonds. The monoisotopic (exact) mass is 588 g/mol. The minimum Gasteiger partial charge on any atom is -0.463 e. The average molecular weight is 589 g/mol. The van der Waals surface area contributed by atoms with E-state index < -0.39 is 54.0 Å². The van der Waals surface area contributed by atoms with Gasteiger partial charge < -0.3 is 36.7 Å². The van der Waals surface area contributed by atoms with Crippen molar-refractivity contribution in [1.82, 2.24) is 15.1 Å². The quantitative estimate of drug-likeness (QED) is 0.171. The third kappa shape index (κ3) is 8.58. The van der Waals surface area contributed by atoms with Gasteiger partial charge in [-0.15, -0.1) is 0 Å². The molecule has 1 fully saturated rings. The molecule has 1 saturated heterocycles. The zero-order chi connectivity index (χ0) is 31.0. The first-order valence-corrected chi connectivity index (χ1v) is 13.8. The van der Waals surface area contributed by atoms with E-state index in [1.807, 2.05) is 18.7 Å². The van der Waals surface area contributed by atoms with E-state index in [2.05, 4.69) is 10.6 Å². The van der Waals surface area contributed by atoms with Gasteiger partial charge in [0.1, 0.15) is 11.8 Å². The maximum atomic E-state index is 12.9. The topological polar surface area (TPSA) is 207 Å². The summed E-state index contributed by atoms with van der Waals surface area (Å²) < 4.78 is 11.6. The van der Waals surface area contributed by atoms with E-state index in [0.717, 1.165) is 22.6 Å². The third-order valence-corrected chi connectivity index (χ3v) is 6.96. The lowest BCUT2D eigenvalue weighted by molar-refractivity contribution is -0.145. The maximum Gasteiger partial charge on any atom is 0.254 e. The van der Waals surface area contributed by atoms with E-state index in [9.17, 15) is 29.1 Å². The van der Waals surface area contributed by atoms with Crippen LogP contribution in [0.5, 0.6) is 5.75 Å². The molecule has 4 unspecified atom stereocenters. The lowest BCUT2D eigenvalue weighted by Gasteiger charge is -2.29. The molecule has 1 aromatic rings. The number of benzene rings is 1. The molecule has 14 heteroatoms. The highest BCUT2D eigenvalue weighted by molar-refractivity contribution is 6.15. The van der Waals surface area contributed by atoms with Crippen LogP contribution in [-0.4, -0.2) is 95.7 Å². The molecule has 0 aliphatic carbocycles. The molecule has 0 aromatic heterocycles. The Morgan fingerprint density at radius 3 is 2.50 bits per heavy atom. The number of hydrogen-bond acceptors (Lipinski definition) is 10. The van der Waals surface area contributed by atoms with Crippen LogP contribution >= 0.6 is 0 Å². The number of carbonyl (C=O) groups is 5. The fourth-order valence-electron chi connectivity index (χ4n) is 4.96. The van der Waals surface area contributed by atoms with Crippen LogP contribution in [-0.2, 0) is 35.3 Å². The Kier molecular flexibility index (Phi) is 11.6. The normalized spacial score (nSPS) is 20.1. The SMILES string of the molecule is CC(C)C(C(N)=O)N(C)Cc1ccc(OC2CC(O)CCO2)c(NC(=O)CCNC(=O)C(CN)N2C(=O)C=CC2=O)c1. The minimum absolute atomic E-state index is 0.0174. The molecule has 0 radical (unpaired) electrons. The number of nitrogens with two attached hydrogens (primary N) is 2. The lowest BCUT2D eigenvalue weighted by Crippen LogP contribution is -2.53. The van der Waals surface area contributed by atoms with Gasteiger partial charge in [0.05, 0.1) is 24.4 Å². The van der Waals surface area contributed by atoms with Crippen LogP contribution in [0.4, 0.5) is 5.69 Å². The molecule has 2 aliphatic rings. The van der Waals surface area contributed by atoms with Crippen molar-refractivity contribution < 1.29 is 38.6 Å². The van der Waals surface area contributed by atoms with Gasteiger partial charge in [0.2, 0.25) is 24.0 Å². The van der Waals surface area contributed by atoms with Gasteiger partial charge in [-0.1, -0.05) is 19.9 Å². The largest absolute Gasteiger partial charge is 0.463 e. The van der Waals surface area contributed by atoms with Crippen molar-refractivity contribution in [2.45, 2.75) is 64.1 Å². The van der Waals surface area contributed by atoms with Crippen molar-refractivity contribution in [3.63, 3.8) is 0 Å². The summed E-state index contributed by atoms with van der Waals surface area (Å²) >= 11 is 0. The summed E-state index contributed by atoms with van der Waals surface area (Å²) in [5.41, 5.74) is 12.3. The number of nitrogens with one attached hydrogen (secondary N) is 2. The molecule has 0 saturated carbocycles. The Balaban J connectivity index is 1.68. The Labute approximate surface area is 244 Å². The van der Waals surface area contributed by atoms with E-state index in [4.69, 9.17) is 20.9 Å². The number of anilines is 1. The molecule has 14 nitrogen and oxygen atoms in total. The van der Waals surface area contributed by atoms with E-state index in [0.29, 0.717) is 31.0 Å². The van der Waals surface area contributed by atoms with Crippen LogP contribution in [0.2, 0.25) is 0 Å². The van der Waals surface area contributed by atoms with Gasteiger partial charge in [0, 0.05) is 44.6 Å². The average Bonchev–Trinajstić information content (AvgIpc) is 3.23. The van der Waals surface area contributed by atoms with Gasteiger partial charge in [-0.25, -0.2) is 0 Å². The number of imide groups is 1. The standard InChI is InChI=1S/C28H40N6O8/c1-16(2)26(27(30)39)33(3)15-17-4-5-21(42-25-13-18(35)9-11-41-25)19(12-17)32-22(36)8-10-31-28(40)20(14-29)34-23(37)6-7-24(34)38/h4-7,12,16,18,20,25-26,35H,8-11,13-15,29H2,1-3H3,(H2,30,39)(H,31,40)(H,32,36). The number of aliphatic hydroxyl groups is 1. The fraction of sp³-hybridized carbons (Fsp3) is 0.536. The fourth-order valence-corrected chi connectivity index (χ4v) is 4.96. The second kappa shape index (κ2) is 14.9. The second-order valence-electron chi connectivity index (χ2n) is 10.7. The first kappa shape index (κ1) is 32.7. The number of primary amides is 1. The molecule has 1 aromatic carbocycles. The van der Waals surface area contributed by atoms with Gasteiger partial charge in [-0.2, -0.15) is 0 Å². The van der Waals surface area contributed by atoms with Crippen molar-refractivity contribution in [2.24, 2.45) is 17.4 Å². The summed E-state index contributed by atoms with van der Waals surface area (Å²) in [6.07, 6.45) is 1.47. The minimum atomic E-state index is -1.20. The zero-order valence-electron chi connectivity index (χ0n) is 24.1. The number of ether oxygens (including phenoxy) is 2. The summed E-state index contributed by atoms with van der Waals surface area (Å²) in [5.74, 6) is -2.52. The maximum absolute atomic E-state index is 12.9. The van der Waals surface area contributed by atoms with Gasteiger partial charge in [-0.3, -0.25) is 33.8 Å². The number of carbonyl (C=O) groups excluding carboxylic acids is 5. The van der Waals surface area contributed by atoms with Crippen LogP contribution in [0.1, 0.15) is 38.7 Å². The van der Waals surface area contributed by atoms with Gasteiger partial charge >= 0.3 is 0 Å². The van der Waals surface area contributed by atoms with Crippen LogP contribution in [0, 0.1) is 5.92 Å². The van der Waals surface area contributed by atoms with Gasteiger partial charge in [0.15, 0.2) is 0 Å². The van der Waals surface area contributed by atoms with Gasteiger partial charge in [-0.05, 0) is 37.1 Å². The number of hydrogen-bond donors (Lipinski definition) is 5. The highest BCUT2D eigenvalue weighted by Gasteiger charge is 2.35. The number of rotatable bonds is 14. The summed E-state index contributed by atoms with van der Waals surface area (Å²) in [5, 5.41) is 15.3. The smallest absolute Gasteiger partial charge is 0.254 e. The van der Waals surface area contributed by atoms with E-state index in [1.54, 1.807) is 25.2 Å². The molecule has 230 valence electrons. The predicted octanol–water partition coefficient (Wildman–Crippen LogP) is -0.798. The highest BCUT2D eigenvalue weighted by Crippen LogP contribution is 2.30. The van der Waals surface area contributed by atoms with E-state index in [1.165, 1.54) is 0 Å². The predicted molar refractivity (Wildman–Crippen MR) is 151 cm³/mol. The van der Waals surface area contributed by atoms with E-state index >= 15 is 0 Å². The van der Waals surface area contributed by atoms with E-state index in [-0.39, 0.29) is 31.8 Å².